The number of thiophene rings is 1. The summed E-state index contributed by atoms with van der Waals surface area (Å²) in [5, 5.41) is 1.32. The largest absolute Gasteiger partial charge is 0.342 e. The third-order valence-corrected chi connectivity index (χ3v) is 6.95. The topological polar surface area (TPSA) is 20.3 Å². The molecular formula is C21H21NOS2. The van der Waals surface area contributed by atoms with Gasteiger partial charge >= 0.3 is 0 Å². The van der Waals surface area contributed by atoms with E-state index >= 15 is 0 Å². The van der Waals surface area contributed by atoms with Crippen molar-refractivity contribution in [1.82, 2.24) is 4.90 Å². The molecule has 2 nitrogen and oxygen atoms in total. The SMILES string of the molecule is O=C(CSCc1sc2ccccc2c1-c1ccccc1)N1CCCC1. The molecule has 0 aliphatic carbocycles. The molecule has 0 radical (unpaired) electrons. The zero-order valence-corrected chi connectivity index (χ0v) is 15.7. The van der Waals surface area contributed by atoms with E-state index in [-0.39, 0.29) is 0 Å². The van der Waals surface area contributed by atoms with Crippen molar-refractivity contribution in [2.24, 2.45) is 0 Å². The Kier molecular flexibility index (Phi) is 5.09. The van der Waals surface area contributed by atoms with Crippen molar-refractivity contribution in [3.8, 4) is 11.1 Å². The molecular weight excluding hydrogens is 346 g/mol. The maximum atomic E-state index is 12.3. The summed E-state index contributed by atoms with van der Waals surface area (Å²) in [5.74, 6) is 1.77. The van der Waals surface area contributed by atoms with Gasteiger partial charge in [-0.25, -0.2) is 0 Å². The van der Waals surface area contributed by atoms with Crippen LogP contribution >= 0.6 is 23.1 Å². The van der Waals surface area contributed by atoms with E-state index in [1.54, 1.807) is 11.8 Å². The molecule has 1 aliphatic heterocycles. The molecule has 25 heavy (non-hydrogen) atoms. The molecule has 2 aromatic carbocycles. The molecule has 0 N–H and O–H groups in total. The monoisotopic (exact) mass is 367 g/mol. The van der Waals surface area contributed by atoms with E-state index in [1.165, 1.54) is 26.1 Å². The molecule has 1 aromatic heterocycles. The first-order chi connectivity index (χ1) is 12.3. The zero-order valence-electron chi connectivity index (χ0n) is 14.1. The quantitative estimate of drug-likeness (QED) is 0.600. The number of carbonyl (C=O) groups excluding carboxylic acids is 1. The minimum absolute atomic E-state index is 0.296. The van der Waals surface area contributed by atoms with Gasteiger partial charge in [-0.05, 0) is 24.5 Å². The third-order valence-electron chi connectivity index (χ3n) is 4.65. The number of hydrogen-bond acceptors (Lipinski definition) is 3. The van der Waals surface area contributed by atoms with Gasteiger partial charge in [0.25, 0.3) is 0 Å². The van der Waals surface area contributed by atoms with Gasteiger partial charge < -0.3 is 4.90 Å². The van der Waals surface area contributed by atoms with Gasteiger partial charge in [-0.3, -0.25) is 4.79 Å². The van der Waals surface area contributed by atoms with Gasteiger partial charge in [0, 0.05) is 39.4 Å². The Hall–Kier alpha value is -1.78. The molecule has 1 fully saturated rings. The first kappa shape index (κ1) is 16.7. The van der Waals surface area contributed by atoms with Crippen LogP contribution in [0.3, 0.4) is 0 Å². The minimum atomic E-state index is 0.296. The summed E-state index contributed by atoms with van der Waals surface area (Å²) in [6.07, 6.45) is 2.32. The minimum Gasteiger partial charge on any atom is -0.342 e. The summed E-state index contributed by atoms with van der Waals surface area (Å²) in [4.78, 5) is 15.6. The molecule has 1 saturated heterocycles. The van der Waals surface area contributed by atoms with Crippen molar-refractivity contribution < 1.29 is 4.79 Å². The van der Waals surface area contributed by atoms with Crippen molar-refractivity contribution in [3.05, 3.63) is 59.5 Å². The van der Waals surface area contributed by atoms with Crippen molar-refractivity contribution in [2.75, 3.05) is 18.8 Å². The Bertz CT molecular complexity index is 866. The molecule has 4 heteroatoms. The van der Waals surface area contributed by atoms with Gasteiger partial charge in [-0.15, -0.1) is 23.1 Å². The number of likely N-dealkylation sites (tertiary alicyclic amines) is 1. The summed E-state index contributed by atoms with van der Waals surface area (Å²) in [5.41, 5.74) is 2.60. The lowest BCUT2D eigenvalue weighted by Gasteiger charge is -2.14. The Morgan fingerprint density at radius 1 is 1.00 bits per heavy atom. The first-order valence-electron chi connectivity index (χ1n) is 8.74. The summed E-state index contributed by atoms with van der Waals surface area (Å²) >= 11 is 3.60. The molecule has 0 spiro atoms. The van der Waals surface area contributed by atoms with E-state index in [4.69, 9.17) is 0 Å². The van der Waals surface area contributed by atoms with E-state index < -0.39 is 0 Å². The molecule has 3 aromatic rings. The van der Waals surface area contributed by atoms with Crippen LogP contribution in [0.5, 0.6) is 0 Å². The number of benzene rings is 2. The average Bonchev–Trinajstić information content (AvgIpc) is 3.30. The predicted octanol–water partition coefficient (Wildman–Crippen LogP) is 5.42. The van der Waals surface area contributed by atoms with Crippen LogP contribution in [0.1, 0.15) is 17.7 Å². The Labute approximate surface area is 156 Å². The fraction of sp³-hybridized carbons (Fsp3) is 0.286. The van der Waals surface area contributed by atoms with Gasteiger partial charge in [0.05, 0.1) is 5.75 Å². The van der Waals surface area contributed by atoms with Crippen molar-refractivity contribution >= 4 is 39.1 Å². The number of thioether (sulfide) groups is 1. The van der Waals surface area contributed by atoms with E-state index in [2.05, 4.69) is 54.6 Å². The summed E-state index contributed by atoms with van der Waals surface area (Å²) in [7, 11) is 0. The number of rotatable bonds is 5. The highest BCUT2D eigenvalue weighted by Crippen LogP contribution is 2.40. The van der Waals surface area contributed by atoms with Crippen LogP contribution < -0.4 is 0 Å². The Morgan fingerprint density at radius 3 is 2.52 bits per heavy atom. The standard InChI is InChI=1S/C21H21NOS2/c23-20(22-12-6-7-13-22)15-24-14-19-21(16-8-2-1-3-9-16)17-10-4-5-11-18(17)25-19/h1-5,8-11H,6-7,12-15H2. The summed E-state index contributed by atoms with van der Waals surface area (Å²) < 4.78 is 1.32. The number of fused-ring (bicyclic) bond motifs is 1. The lowest BCUT2D eigenvalue weighted by molar-refractivity contribution is -0.127. The van der Waals surface area contributed by atoms with Gasteiger partial charge in [0.2, 0.25) is 5.91 Å². The number of carbonyl (C=O) groups is 1. The molecule has 0 atom stereocenters. The normalized spacial score (nSPS) is 14.3. The smallest absolute Gasteiger partial charge is 0.232 e. The average molecular weight is 368 g/mol. The van der Waals surface area contributed by atoms with Gasteiger partial charge in [0.1, 0.15) is 0 Å². The van der Waals surface area contributed by atoms with E-state index in [0.29, 0.717) is 11.7 Å². The van der Waals surface area contributed by atoms with Crippen LogP contribution in [0.15, 0.2) is 54.6 Å². The number of nitrogens with zero attached hydrogens (tertiary/aromatic N) is 1. The van der Waals surface area contributed by atoms with Gasteiger partial charge in [0.15, 0.2) is 0 Å². The molecule has 2 heterocycles. The maximum Gasteiger partial charge on any atom is 0.232 e. The van der Waals surface area contributed by atoms with Crippen molar-refractivity contribution in [3.63, 3.8) is 0 Å². The molecule has 0 bridgehead atoms. The van der Waals surface area contributed by atoms with Crippen LogP contribution in [-0.2, 0) is 10.5 Å². The highest BCUT2D eigenvalue weighted by molar-refractivity contribution is 7.99. The molecule has 128 valence electrons. The second kappa shape index (κ2) is 7.63. The second-order valence-electron chi connectivity index (χ2n) is 6.34. The van der Waals surface area contributed by atoms with Crippen LogP contribution in [0.25, 0.3) is 21.2 Å². The van der Waals surface area contributed by atoms with Crippen molar-refractivity contribution in [1.29, 1.82) is 0 Å². The van der Waals surface area contributed by atoms with E-state index in [1.807, 2.05) is 16.2 Å². The third kappa shape index (κ3) is 3.60. The van der Waals surface area contributed by atoms with Crippen LogP contribution in [-0.4, -0.2) is 29.6 Å². The second-order valence-corrected chi connectivity index (χ2v) is 8.47. The first-order valence-corrected chi connectivity index (χ1v) is 10.7. The Morgan fingerprint density at radius 2 is 1.72 bits per heavy atom. The lowest BCUT2D eigenvalue weighted by Crippen LogP contribution is -2.29. The molecule has 1 aliphatic rings. The fourth-order valence-corrected chi connectivity index (χ4v) is 5.70. The highest BCUT2D eigenvalue weighted by Gasteiger charge is 2.18. The molecule has 4 rings (SSSR count). The van der Waals surface area contributed by atoms with Crippen LogP contribution in [0.4, 0.5) is 0 Å². The zero-order chi connectivity index (χ0) is 17.1. The van der Waals surface area contributed by atoms with Crippen molar-refractivity contribution in [2.45, 2.75) is 18.6 Å². The highest BCUT2D eigenvalue weighted by atomic mass is 32.2. The maximum absolute atomic E-state index is 12.3. The number of amides is 1. The molecule has 1 amide bonds. The Balaban J connectivity index is 1.55. The molecule has 0 saturated carbocycles. The molecule has 0 unspecified atom stereocenters. The lowest BCUT2D eigenvalue weighted by atomic mass is 10.0. The predicted molar refractivity (Wildman–Crippen MR) is 109 cm³/mol. The van der Waals surface area contributed by atoms with E-state index in [0.717, 1.165) is 31.7 Å². The van der Waals surface area contributed by atoms with Crippen LogP contribution in [0.2, 0.25) is 0 Å². The van der Waals surface area contributed by atoms with Gasteiger partial charge in [-0.1, -0.05) is 48.5 Å². The van der Waals surface area contributed by atoms with Gasteiger partial charge in [-0.2, -0.15) is 0 Å². The van der Waals surface area contributed by atoms with Crippen LogP contribution in [0, 0.1) is 0 Å². The van der Waals surface area contributed by atoms with E-state index in [9.17, 15) is 4.79 Å². The summed E-state index contributed by atoms with van der Waals surface area (Å²) in [6, 6.07) is 19.2. The number of hydrogen-bond donors (Lipinski definition) is 0. The fourth-order valence-electron chi connectivity index (χ4n) is 3.41. The summed E-state index contributed by atoms with van der Waals surface area (Å²) in [6.45, 7) is 1.88.